The van der Waals surface area contributed by atoms with Crippen molar-refractivity contribution in [3.8, 4) is 0 Å². The fourth-order valence-electron chi connectivity index (χ4n) is 2.76. The lowest BCUT2D eigenvalue weighted by Gasteiger charge is -2.27. The number of nitrogens with one attached hydrogen (secondary N) is 1. The van der Waals surface area contributed by atoms with Crippen molar-refractivity contribution in [1.82, 2.24) is 9.97 Å². The quantitative estimate of drug-likeness (QED) is 0.832. The van der Waals surface area contributed by atoms with Gasteiger partial charge >= 0.3 is 0 Å². The Morgan fingerprint density at radius 2 is 1.84 bits per heavy atom. The molecule has 1 aromatic heterocycles. The zero-order valence-electron chi connectivity index (χ0n) is 11.1. The van der Waals surface area contributed by atoms with Gasteiger partial charge in [0.05, 0.1) is 5.52 Å². The van der Waals surface area contributed by atoms with Crippen LogP contribution >= 0.6 is 11.6 Å². The average molecular weight is 276 g/mol. The number of para-hydroxylation sites is 1. The van der Waals surface area contributed by atoms with Crippen LogP contribution in [0.5, 0.6) is 0 Å². The summed E-state index contributed by atoms with van der Waals surface area (Å²) in [7, 11) is 0. The van der Waals surface area contributed by atoms with E-state index in [9.17, 15) is 0 Å². The summed E-state index contributed by atoms with van der Waals surface area (Å²) in [6.07, 6.45) is 4.98. The van der Waals surface area contributed by atoms with Crippen molar-refractivity contribution in [2.75, 3.05) is 5.32 Å². The first-order valence-electron chi connectivity index (χ1n) is 6.91. The van der Waals surface area contributed by atoms with Crippen LogP contribution in [0, 0.1) is 5.92 Å². The maximum absolute atomic E-state index is 6.00. The average Bonchev–Trinajstić information content (AvgIpc) is 2.41. The third-order valence-corrected chi connectivity index (χ3v) is 4.10. The lowest BCUT2D eigenvalue weighted by atomic mass is 9.87. The molecule has 0 amide bonds. The molecule has 1 heterocycles. The molecule has 2 aromatic rings. The summed E-state index contributed by atoms with van der Waals surface area (Å²) < 4.78 is 0. The van der Waals surface area contributed by atoms with Crippen LogP contribution in [0.2, 0.25) is 5.28 Å². The molecule has 0 aliphatic heterocycles. The molecule has 1 fully saturated rings. The van der Waals surface area contributed by atoms with E-state index in [4.69, 9.17) is 11.6 Å². The van der Waals surface area contributed by atoms with Gasteiger partial charge in [0.2, 0.25) is 5.28 Å². The Hall–Kier alpha value is -1.35. The second-order valence-corrected chi connectivity index (χ2v) is 5.80. The van der Waals surface area contributed by atoms with E-state index in [1.54, 1.807) is 0 Å². The maximum atomic E-state index is 6.00. The highest BCUT2D eigenvalue weighted by molar-refractivity contribution is 6.28. The van der Waals surface area contributed by atoms with E-state index in [1.165, 1.54) is 25.7 Å². The lowest BCUT2D eigenvalue weighted by molar-refractivity contribution is 0.361. The van der Waals surface area contributed by atoms with E-state index < -0.39 is 0 Å². The number of anilines is 1. The van der Waals surface area contributed by atoms with Gasteiger partial charge in [0, 0.05) is 11.4 Å². The lowest BCUT2D eigenvalue weighted by Crippen LogP contribution is -2.25. The first kappa shape index (κ1) is 12.7. The standard InChI is InChI=1S/C15H18ClN3/c1-10-6-8-11(9-7-10)17-14-12-4-2-3-5-13(12)18-15(16)19-14/h2-5,10-11H,6-9H2,1H3,(H,17,18,19). The van der Waals surface area contributed by atoms with Gasteiger partial charge in [-0.2, -0.15) is 0 Å². The number of hydrogen-bond acceptors (Lipinski definition) is 3. The molecule has 3 rings (SSSR count). The molecule has 1 aliphatic rings. The van der Waals surface area contributed by atoms with Crippen molar-refractivity contribution in [3.63, 3.8) is 0 Å². The molecule has 1 aromatic carbocycles. The molecule has 1 aliphatic carbocycles. The monoisotopic (exact) mass is 275 g/mol. The third kappa shape index (κ3) is 2.81. The molecule has 0 unspecified atom stereocenters. The molecule has 0 radical (unpaired) electrons. The smallest absolute Gasteiger partial charge is 0.224 e. The van der Waals surface area contributed by atoms with Crippen molar-refractivity contribution in [3.05, 3.63) is 29.5 Å². The number of halogens is 1. The van der Waals surface area contributed by atoms with Crippen LogP contribution in [-0.2, 0) is 0 Å². The normalized spacial score (nSPS) is 23.5. The van der Waals surface area contributed by atoms with Crippen LogP contribution in [0.25, 0.3) is 10.9 Å². The van der Waals surface area contributed by atoms with Crippen LogP contribution in [-0.4, -0.2) is 16.0 Å². The molecule has 4 heteroatoms. The van der Waals surface area contributed by atoms with E-state index in [0.717, 1.165) is 22.6 Å². The van der Waals surface area contributed by atoms with Gasteiger partial charge in [0.15, 0.2) is 0 Å². The summed E-state index contributed by atoms with van der Waals surface area (Å²) in [5.41, 5.74) is 0.897. The zero-order chi connectivity index (χ0) is 13.2. The Balaban J connectivity index is 1.88. The van der Waals surface area contributed by atoms with Gasteiger partial charge in [-0.25, -0.2) is 9.97 Å². The minimum atomic E-state index is 0.311. The molecule has 3 nitrogen and oxygen atoms in total. The van der Waals surface area contributed by atoms with Crippen molar-refractivity contribution in [2.45, 2.75) is 38.6 Å². The second-order valence-electron chi connectivity index (χ2n) is 5.46. The maximum Gasteiger partial charge on any atom is 0.224 e. The Bertz CT molecular complexity index is 577. The molecular weight excluding hydrogens is 258 g/mol. The SMILES string of the molecule is CC1CCC(Nc2nc(Cl)nc3ccccc23)CC1. The number of nitrogens with zero attached hydrogens (tertiary/aromatic N) is 2. The van der Waals surface area contributed by atoms with E-state index in [2.05, 4.69) is 22.2 Å². The summed E-state index contributed by atoms with van der Waals surface area (Å²) >= 11 is 6.00. The Morgan fingerprint density at radius 1 is 1.11 bits per heavy atom. The van der Waals surface area contributed by atoms with Crippen molar-refractivity contribution in [2.24, 2.45) is 5.92 Å². The second kappa shape index (κ2) is 5.33. The van der Waals surface area contributed by atoms with Crippen molar-refractivity contribution < 1.29 is 0 Å². The topological polar surface area (TPSA) is 37.8 Å². The number of benzene rings is 1. The fourth-order valence-corrected chi connectivity index (χ4v) is 2.93. The van der Waals surface area contributed by atoms with Crippen LogP contribution in [0.4, 0.5) is 5.82 Å². The first-order valence-corrected chi connectivity index (χ1v) is 7.29. The number of aromatic nitrogens is 2. The van der Waals surface area contributed by atoms with Gasteiger partial charge in [0.1, 0.15) is 5.82 Å². The molecule has 19 heavy (non-hydrogen) atoms. The Labute approximate surface area is 118 Å². The summed E-state index contributed by atoms with van der Waals surface area (Å²) in [6.45, 7) is 2.33. The third-order valence-electron chi connectivity index (χ3n) is 3.93. The van der Waals surface area contributed by atoms with Crippen molar-refractivity contribution in [1.29, 1.82) is 0 Å². The summed E-state index contributed by atoms with van der Waals surface area (Å²) in [4.78, 5) is 8.61. The molecule has 0 atom stereocenters. The number of rotatable bonds is 2. The summed E-state index contributed by atoms with van der Waals surface area (Å²) in [5, 5.41) is 4.91. The minimum absolute atomic E-state index is 0.311. The zero-order valence-corrected chi connectivity index (χ0v) is 11.8. The predicted molar refractivity (Wildman–Crippen MR) is 79.6 cm³/mol. The van der Waals surface area contributed by atoms with Crippen LogP contribution in [0.15, 0.2) is 24.3 Å². The Morgan fingerprint density at radius 3 is 2.63 bits per heavy atom. The molecule has 100 valence electrons. The molecule has 0 spiro atoms. The predicted octanol–water partition coefficient (Wildman–Crippen LogP) is 4.27. The number of fused-ring (bicyclic) bond motifs is 1. The van der Waals surface area contributed by atoms with Gasteiger partial charge in [-0.1, -0.05) is 19.1 Å². The molecule has 0 bridgehead atoms. The van der Waals surface area contributed by atoms with Crippen LogP contribution < -0.4 is 5.32 Å². The highest BCUT2D eigenvalue weighted by Gasteiger charge is 2.19. The van der Waals surface area contributed by atoms with Gasteiger partial charge < -0.3 is 5.32 Å². The minimum Gasteiger partial charge on any atom is -0.367 e. The van der Waals surface area contributed by atoms with Crippen molar-refractivity contribution >= 4 is 28.3 Å². The summed E-state index contributed by atoms with van der Waals surface area (Å²) in [5.74, 6) is 1.72. The first-order chi connectivity index (χ1) is 9.22. The highest BCUT2D eigenvalue weighted by atomic mass is 35.5. The Kier molecular flexibility index (Phi) is 3.56. The molecule has 1 N–H and O–H groups in total. The van der Waals surface area contributed by atoms with Gasteiger partial charge in [-0.05, 0) is 55.3 Å². The van der Waals surface area contributed by atoms with Gasteiger partial charge in [-0.3, -0.25) is 0 Å². The largest absolute Gasteiger partial charge is 0.367 e. The molecule has 0 saturated heterocycles. The molecule has 1 saturated carbocycles. The van der Waals surface area contributed by atoms with Crippen LogP contribution in [0.3, 0.4) is 0 Å². The van der Waals surface area contributed by atoms with Crippen LogP contribution in [0.1, 0.15) is 32.6 Å². The summed E-state index contributed by atoms with van der Waals surface area (Å²) in [6, 6.07) is 8.49. The van der Waals surface area contributed by atoms with E-state index in [0.29, 0.717) is 11.3 Å². The van der Waals surface area contributed by atoms with E-state index >= 15 is 0 Å². The molecular formula is C15H18ClN3. The fraction of sp³-hybridized carbons (Fsp3) is 0.467. The van der Waals surface area contributed by atoms with Gasteiger partial charge in [0.25, 0.3) is 0 Å². The number of hydrogen-bond donors (Lipinski definition) is 1. The van der Waals surface area contributed by atoms with E-state index in [-0.39, 0.29) is 0 Å². The van der Waals surface area contributed by atoms with Gasteiger partial charge in [-0.15, -0.1) is 0 Å². The van der Waals surface area contributed by atoms with E-state index in [1.807, 2.05) is 24.3 Å². The highest BCUT2D eigenvalue weighted by Crippen LogP contribution is 2.28.